The van der Waals surface area contributed by atoms with E-state index in [0.29, 0.717) is 19.5 Å². The second-order valence-corrected chi connectivity index (χ2v) is 7.50. The first-order valence-corrected chi connectivity index (χ1v) is 9.45. The van der Waals surface area contributed by atoms with Crippen LogP contribution in [0.15, 0.2) is 30.3 Å². The fourth-order valence-corrected chi connectivity index (χ4v) is 3.86. The summed E-state index contributed by atoms with van der Waals surface area (Å²) in [6, 6.07) is 9.55. The first-order valence-electron chi connectivity index (χ1n) is 9.45. The van der Waals surface area contributed by atoms with Gasteiger partial charge >= 0.3 is 5.97 Å². The molecular formula is C20H26N2O5. The van der Waals surface area contributed by atoms with Gasteiger partial charge in [0.2, 0.25) is 11.8 Å². The number of benzene rings is 1. The maximum atomic E-state index is 12.8. The van der Waals surface area contributed by atoms with Crippen LogP contribution in [0.5, 0.6) is 0 Å². The number of hydrogen-bond donors (Lipinski definition) is 2. The molecular weight excluding hydrogens is 348 g/mol. The first-order chi connectivity index (χ1) is 12.9. The monoisotopic (exact) mass is 374 g/mol. The van der Waals surface area contributed by atoms with Crippen LogP contribution < -0.4 is 0 Å². The molecule has 1 aromatic carbocycles. The van der Waals surface area contributed by atoms with E-state index in [1.54, 1.807) is 9.80 Å². The maximum Gasteiger partial charge on any atom is 0.335 e. The van der Waals surface area contributed by atoms with Gasteiger partial charge in [0, 0.05) is 39.0 Å². The van der Waals surface area contributed by atoms with E-state index in [0.717, 1.165) is 18.4 Å². The van der Waals surface area contributed by atoms with Crippen LogP contribution in [0.2, 0.25) is 0 Å². The summed E-state index contributed by atoms with van der Waals surface area (Å²) in [5, 5.41) is 19.1. The quantitative estimate of drug-likeness (QED) is 0.816. The van der Waals surface area contributed by atoms with E-state index in [-0.39, 0.29) is 43.7 Å². The number of carboxylic acid groups (broad SMARTS) is 1. The molecule has 2 amide bonds. The van der Waals surface area contributed by atoms with Gasteiger partial charge in [0.15, 0.2) is 5.60 Å². The van der Waals surface area contributed by atoms with Gasteiger partial charge in [0.05, 0.1) is 12.3 Å². The van der Waals surface area contributed by atoms with E-state index in [1.165, 1.54) is 0 Å². The Kier molecular flexibility index (Phi) is 5.79. The molecule has 1 unspecified atom stereocenters. The van der Waals surface area contributed by atoms with Crippen molar-refractivity contribution in [2.75, 3.05) is 26.2 Å². The predicted octanol–water partition coefficient (Wildman–Crippen LogP) is 0.906. The molecule has 2 saturated heterocycles. The van der Waals surface area contributed by atoms with Crippen molar-refractivity contribution in [1.29, 1.82) is 0 Å². The number of carboxylic acids is 1. The molecule has 27 heavy (non-hydrogen) atoms. The lowest BCUT2D eigenvalue weighted by molar-refractivity contribution is -0.166. The Hall–Kier alpha value is -2.41. The molecule has 0 bridgehead atoms. The highest BCUT2D eigenvalue weighted by Crippen LogP contribution is 2.26. The SMILES string of the molecule is O=C(Cc1ccccc1)N1CCCC(C(=O)N2CCC(O)(C(=O)O)CC2)C1. The largest absolute Gasteiger partial charge is 0.479 e. The molecule has 0 spiro atoms. The number of hydrogen-bond acceptors (Lipinski definition) is 4. The lowest BCUT2D eigenvalue weighted by Crippen LogP contribution is -2.53. The maximum absolute atomic E-state index is 12.8. The fraction of sp³-hybridized carbons (Fsp3) is 0.550. The minimum absolute atomic E-state index is 0.0256. The summed E-state index contributed by atoms with van der Waals surface area (Å²) in [6.07, 6.45) is 1.92. The number of nitrogens with zero attached hydrogens (tertiary/aromatic N) is 2. The fourth-order valence-electron chi connectivity index (χ4n) is 3.86. The van der Waals surface area contributed by atoms with Crippen LogP contribution in [0, 0.1) is 5.92 Å². The second-order valence-electron chi connectivity index (χ2n) is 7.50. The topological polar surface area (TPSA) is 98.2 Å². The van der Waals surface area contributed by atoms with Crippen LogP contribution in [-0.4, -0.2) is 69.6 Å². The smallest absolute Gasteiger partial charge is 0.335 e. The molecule has 2 N–H and O–H groups in total. The highest BCUT2D eigenvalue weighted by molar-refractivity contribution is 5.83. The van der Waals surface area contributed by atoms with Crippen LogP contribution in [-0.2, 0) is 20.8 Å². The lowest BCUT2D eigenvalue weighted by Gasteiger charge is -2.39. The highest BCUT2D eigenvalue weighted by Gasteiger charge is 2.41. The molecule has 0 aliphatic carbocycles. The zero-order chi connectivity index (χ0) is 19.4. The second kappa shape index (κ2) is 8.08. The van der Waals surface area contributed by atoms with Crippen molar-refractivity contribution in [3.8, 4) is 0 Å². The lowest BCUT2D eigenvalue weighted by atomic mass is 9.89. The Balaban J connectivity index is 1.55. The summed E-state index contributed by atoms with van der Waals surface area (Å²) in [4.78, 5) is 39.9. The van der Waals surface area contributed by atoms with Gasteiger partial charge in [0.1, 0.15) is 0 Å². The molecule has 0 saturated carbocycles. The van der Waals surface area contributed by atoms with Gasteiger partial charge in [-0.05, 0) is 18.4 Å². The van der Waals surface area contributed by atoms with Crippen LogP contribution in [0.1, 0.15) is 31.2 Å². The third-order valence-electron chi connectivity index (χ3n) is 5.62. The third-order valence-corrected chi connectivity index (χ3v) is 5.62. The molecule has 0 radical (unpaired) electrons. The van der Waals surface area contributed by atoms with E-state index in [2.05, 4.69) is 0 Å². The number of piperidine rings is 2. The summed E-state index contributed by atoms with van der Waals surface area (Å²) in [5.41, 5.74) is -0.777. The molecule has 2 fully saturated rings. The van der Waals surface area contributed by atoms with Gasteiger partial charge in [-0.2, -0.15) is 0 Å². The number of amides is 2. The number of likely N-dealkylation sites (tertiary alicyclic amines) is 2. The molecule has 2 heterocycles. The Bertz CT molecular complexity index is 698. The number of rotatable bonds is 4. The van der Waals surface area contributed by atoms with Gasteiger partial charge in [-0.1, -0.05) is 30.3 Å². The van der Waals surface area contributed by atoms with Crippen molar-refractivity contribution in [1.82, 2.24) is 9.80 Å². The van der Waals surface area contributed by atoms with Crippen LogP contribution in [0.3, 0.4) is 0 Å². The summed E-state index contributed by atoms with van der Waals surface area (Å²) < 4.78 is 0. The summed E-state index contributed by atoms with van der Waals surface area (Å²) in [6.45, 7) is 1.53. The molecule has 7 heteroatoms. The molecule has 2 aliphatic heterocycles. The minimum atomic E-state index is -1.74. The van der Waals surface area contributed by atoms with E-state index in [4.69, 9.17) is 5.11 Å². The molecule has 1 aromatic rings. The predicted molar refractivity (Wildman–Crippen MR) is 97.8 cm³/mol. The van der Waals surface area contributed by atoms with Gasteiger partial charge in [0.25, 0.3) is 0 Å². The van der Waals surface area contributed by atoms with Crippen LogP contribution in [0.4, 0.5) is 0 Å². The average molecular weight is 374 g/mol. The van der Waals surface area contributed by atoms with E-state index >= 15 is 0 Å². The third kappa shape index (κ3) is 4.47. The molecule has 7 nitrogen and oxygen atoms in total. The van der Waals surface area contributed by atoms with Crippen molar-refractivity contribution < 1.29 is 24.6 Å². The molecule has 3 rings (SSSR count). The normalized spacial score (nSPS) is 22.3. The van der Waals surface area contributed by atoms with Crippen molar-refractivity contribution in [3.05, 3.63) is 35.9 Å². The number of aliphatic carboxylic acids is 1. The summed E-state index contributed by atoms with van der Waals surface area (Å²) in [7, 11) is 0. The highest BCUT2D eigenvalue weighted by atomic mass is 16.4. The van der Waals surface area contributed by atoms with Gasteiger partial charge in [-0.15, -0.1) is 0 Å². The van der Waals surface area contributed by atoms with Crippen LogP contribution >= 0.6 is 0 Å². The van der Waals surface area contributed by atoms with Crippen LogP contribution in [0.25, 0.3) is 0 Å². The molecule has 2 aliphatic rings. The van der Waals surface area contributed by atoms with Crippen molar-refractivity contribution in [2.24, 2.45) is 5.92 Å². The standard InChI is InChI=1S/C20H26N2O5/c23-17(13-15-5-2-1-3-6-15)22-10-4-7-16(14-22)18(24)21-11-8-20(27,9-12-21)19(25)26/h1-3,5-6,16,27H,4,7-14H2,(H,25,26). The average Bonchev–Trinajstić information content (AvgIpc) is 2.69. The Morgan fingerprint density at radius 3 is 2.33 bits per heavy atom. The summed E-state index contributed by atoms with van der Waals surface area (Å²) in [5.74, 6) is -1.50. The summed E-state index contributed by atoms with van der Waals surface area (Å²) >= 11 is 0. The number of carbonyl (C=O) groups is 3. The number of carbonyl (C=O) groups excluding carboxylic acids is 2. The van der Waals surface area contributed by atoms with Crippen molar-refractivity contribution in [3.63, 3.8) is 0 Å². The van der Waals surface area contributed by atoms with E-state index < -0.39 is 11.6 Å². The minimum Gasteiger partial charge on any atom is -0.479 e. The van der Waals surface area contributed by atoms with Gasteiger partial charge in [-0.25, -0.2) is 4.79 Å². The molecule has 1 atom stereocenters. The Labute approximate surface area is 158 Å². The molecule has 146 valence electrons. The van der Waals surface area contributed by atoms with Crippen molar-refractivity contribution in [2.45, 2.75) is 37.7 Å². The first kappa shape index (κ1) is 19.4. The van der Waals surface area contributed by atoms with Gasteiger partial charge in [-0.3, -0.25) is 9.59 Å². The van der Waals surface area contributed by atoms with Gasteiger partial charge < -0.3 is 20.0 Å². The molecule has 0 aromatic heterocycles. The van der Waals surface area contributed by atoms with E-state index in [1.807, 2.05) is 30.3 Å². The Morgan fingerprint density at radius 2 is 1.70 bits per heavy atom. The zero-order valence-corrected chi connectivity index (χ0v) is 15.3. The zero-order valence-electron chi connectivity index (χ0n) is 15.3. The van der Waals surface area contributed by atoms with Crippen molar-refractivity contribution >= 4 is 17.8 Å². The Morgan fingerprint density at radius 1 is 1.04 bits per heavy atom. The number of aliphatic hydroxyl groups is 1. The van der Waals surface area contributed by atoms with E-state index in [9.17, 15) is 19.5 Å².